The van der Waals surface area contributed by atoms with Crippen LogP contribution in [0.3, 0.4) is 0 Å². The lowest BCUT2D eigenvalue weighted by Crippen LogP contribution is -2.44. The van der Waals surface area contributed by atoms with Crippen molar-refractivity contribution in [1.29, 1.82) is 0 Å². The predicted molar refractivity (Wildman–Crippen MR) is 69.6 cm³/mol. The number of amides is 1. The first kappa shape index (κ1) is 10.1. The number of nitrogens with one attached hydrogen (secondary N) is 3. The number of rotatable bonds is 1. The van der Waals surface area contributed by atoms with Gasteiger partial charge in [0, 0.05) is 12.2 Å². The van der Waals surface area contributed by atoms with Crippen molar-refractivity contribution in [2.24, 2.45) is 5.92 Å². The molecule has 4 nitrogen and oxygen atoms in total. The number of hydrogen-bond donors (Lipinski definition) is 3. The SMILES string of the molecule is O=C1Cc2cc(C3=C4CCC4CNN3)ccc2N1. The molecule has 1 aromatic rings. The van der Waals surface area contributed by atoms with Crippen LogP contribution >= 0.6 is 0 Å². The van der Waals surface area contributed by atoms with Crippen LogP contribution in [0.25, 0.3) is 5.70 Å². The second kappa shape index (κ2) is 3.59. The molecule has 0 spiro atoms. The molecule has 3 N–H and O–H groups in total. The maximum atomic E-state index is 11.4. The van der Waals surface area contributed by atoms with Crippen LogP contribution in [0, 0.1) is 5.92 Å². The fourth-order valence-electron chi connectivity index (χ4n) is 3.03. The quantitative estimate of drug-likeness (QED) is 0.697. The number of carbonyl (C=O) groups is 1. The van der Waals surface area contributed by atoms with Crippen LogP contribution in [0.15, 0.2) is 23.8 Å². The maximum absolute atomic E-state index is 11.4. The molecular weight excluding hydrogens is 226 g/mol. The lowest BCUT2D eigenvalue weighted by Gasteiger charge is -2.38. The normalized spacial score (nSPS) is 24.9. The molecule has 1 aliphatic carbocycles. The first-order valence-corrected chi connectivity index (χ1v) is 6.46. The van der Waals surface area contributed by atoms with Gasteiger partial charge in [-0.25, -0.2) is 5.43 Å². The molecule has 1 saturated carbocycles. The van der Waals surface area contributed by atoms with Crippen molar-refractivity contribution in [3.63, 3.8) is 0 Å². The minimum Gasteiger partial charge on any atom is -0.326 e. The second-order valence-corrected chi connectivity index (χ2v) is 5.24. The number of hydrogen-bond acceptors (Lipinski definition) is 3. The summed E-state index contributed by atoms with van der Waals surface area (Å²) < 4.78 is 0. The smallest absolute Gasteiger partial charge is 0.228 e. The molecule has 0 saturated heterocycles. The van der Waals surface area contributed by atoms with E-state index < -0.39 is 0 Å². The summed E-state index contributed by atoms with van der Waals surface area (Å²) in [6.45, 7) is 1.03. The Morgan fingerprint density at radius 3 is 3.06 bits per heavy atom. The maximum Gasteiger partial charge on any atom is 0.228 e. The van der Waals surface area contributed by atoms with E-state index in [2.05, 4.69) is 28.3 Å². The van der Waals surface area contributed by atoms with E-state index in [1.807, 2.05) is 6.07 Å². The molecule has 1 atom stereocenters. The highest BCUT2D eigenvalue weighted by molar-refractivity contribution is 5.99. The Labute approximate surface area is 105 Å². The van der Waals surface area contributed by atoms with Crippen LogP contribution in [0.4, 0.5) is 5.69 Å². The van der Waals surface area contributed by atoms with E-state index in [-0.39, 0.29) is 5.91 Å². The molecular formula is C14H15N3O. The Bertz CT molecular complexity index is 576. The third-order valence-electron chi connectivity index (χ3n) is 4.16. The van der Waals surface area contributed by atoms with Crippen LogP contribution in [-0.2, 0) is 11.2 Å². The third-order valence-corrected chi connectivity index (χ3v) is 4.16. The molecule has 3 aliphatic rings. The Hall–Kier alpha value is -1.81. The van der Waals surface area contributed by atoms with Gasteiger partial charge in [0.25, 0.3) is 0 Å². The summed E-state index contributed by atoms with van der Waals surface area (Å²) >= 11 is 0. The molecule has 2 aliphatic heterocycles. The molecule has 4 heteroatoms. The zero-order chi connectivity index (χ0) is 12.1. The van der Waals surface area contributed by atoms with Crippen molar-refractivity contribution in [2.75, 3.05) is 11.9 Å². The number of fused-ring (bicyclic) bond motifs is 2. The van der Waals surface area contributed by atoms with Gasteiger partial charge < -0.3 is 10.7 Å². The van der Waals surface area contributed by atoms with Crippen molar-refractivity contribution in [3.8, 4) is 0 Å². The topological polar surface area (TPSA) is 53.2 Å². The minimum absolute atomic E-state index is 0.0936. The number of carbonyl (C=O) groups excluding carboxylic acids is 1. The fraction of sp³-hybridized carbons (Fsp3) is 0.357. The first-order chi connectivity index (χ1) is 8.81. The minimum atomic E-state index is 0.0936. The summed E-state index contributed by atoms with van der Waals surface area (Å²) in [4.78, 5) is 11.4. The van der Waals surface area contributed by atoms with Crippen molar-refractivity contribution in [1.82, 2.24) is 10.9 Å². The summed E-state index contributed by atoms with van der Waals surface area (Å²) in [7, 11) is 0. The van der Waals surface area contributed by atoms with Gasteiger partial charge in [-0.05, 0) is 47.6 Å². The number of anilines is 1. The van der Waals surface area contributed by atoms with E-state index in [1.54, 1.807) is 0 Å². The molecule has 1 unspecified atom stereocenters. The summed E-state index contributed by atoms with van der Waals surface area (Å²) in [5.74, 6) is 0.797. The predicted octanol–water partition coefficient (Wildman–Crippen LogP) is 1.41. The number of benzene rings is 1. The summed E-state index contributed by atoms with van der Waals surface area (Å²) in [6.07, 6.45) is 2.99. The zero-order valence-corrected chi connectivity index (χ0v) is 10.0. The molecule has 0 radical (unpaired) electrons. The Kier molecular flexibility index (Phi) is 2.02. The largest absolute Gasteiger partial charge is 0.326 e. The molecule has 1 amide bonds. The van der Waals surface area contributed by atoms with E-state index in [1.165, 1.54) is 29.7 Å². The van der Waals surface area contributed by atoms with E-state index >= 15 is 0 Å². The van der Waals surface area contributed by atoms with Gasteiger partial charge in [0.05, 0.1) is 12.1 Å². The molecule has 1 aromatic carbocycles. The van der Waals surface area contributed by atoms with Gasteiger partial charge in [0.1, 0.15) is 0 Å². The molecule has 92 valence electrons. The first-order valence-electron chi connectivity index (χ1n) is 6.46. The summed E-state index contributed by atoms with van der Waals surface area (Å²) in [6, 6.07) is 6.22. The zero-order valence-electron chi connectivity index (χ0n) is 10.0. The van der Waals surface area contributed by atoms with Gasteiger partial charge in [-0.2, -0.15) is 0 Å². The van der Waals surface area contributed by atoms with E-state index in [0.717, 1.165) is 17.8 Å². The molecule has 2 heterocycles. The highest BCUT2D eigenvalue weighted by Gasteiger charge is 2.31. The average molecular weight is 241 g/mol. The monoisotopic (exact) mass is 241 g/mol. The van der Waals surface area contributed by atoms with Crippen LogP contribution in [-0.4, -0.2) is 12.5 Å². The lowest BCUT2D eigenvalue weighted by atomic mass is 9.76. The lowest BCUT2D eigenvalue weighted by molar-refractivity contribution is -0.115. The van der Waals surface area contributed by atoms with Crippen LogP contribution in [0.5, 0.6) is 0 Å². The fourth-order valence-corrected chi connectivity index (χ4v) is 3.03. The van der Waals surface area contributed by atoms with Gasteiger partial charge in [0.2, 0.25) is 5.91 Å². The highest BCUT2D eigenvalue weighted by atomic mass is 16.1. The molecule has 0 bridgehead atoms. The van der Waals surface area contributed by atoms with Crippen molar-refractivity contribution >= 4 is 17.3 Å². The van der Waals surface area contributed by atoms with Crippen LogP contribution < -0.4 is 16.2 Å². The summed E-state index contributed by atoms with van der Waals surface area (Å²) in [5, 5.41) is 2.87. The van der Waals surface area contributed by atoms with E-state index in [4.69, 9.17) is 0 Å². The summed E-state index contributed by atoms with van der Waals surface area (Å²) in [5.41, 5.74) is 12.6. The van der Waals surface area contributed by atoms with Gasteiger partial charge in [-0.1, -0.05) is 6.07 Å². The standard InChI is InChI=1S/C14H15N3O/c18-13-6-10-5-8(2-4-12(10)16-13)14-11-3-1-9(11)7-15-17-14/h2,4-5,9,15,17H,1,3,6-7H2,(H,16,18). The van der Waals surface area contributed by atoms with Crippen LogP contribution in [0.2, 0.25) is 0 Å². The van der Waals surface area contributed by atoms with Gasteiger partial charge in [-0.15, -0.1) is 0 Å². The second-order valence-electron chi connectivity index (χ2n) is 5.24. The average Bonchev–Trinajstić information content (AvgIpc) is 2.69. The molecule has 1 fully saturated rings. The highest BCUT2D eigenvalue weighted by Crippen LogP contribution is 2.40. The van der Waals surface area contributed by atoms with E-state index in [0.29, 0.717) is 12.3 Å². The van der Waals surface area contributed by atoms with Gasteiger partial charge in [0.15, 0.2) is 0 Å². The molecule has 18 heavy (non-hydrogen) atoms. The van der Waals surface area contributed by atoms with Crippen LogP contribution in [0.1, 0.15) is 24.0 Å². The molecule has 0 aromatic heterocycles. The Balaban J connectivity index is 1.76. The van der Waals surface area contributed by atoms with Crippen molar-refractivity contribution < 1.29 is 4.79 Å². The number of hydrazine groups is 1. The molecule has 4 rings (SSSR count). The van der Waals surface area contributed by atoms with Crippen molar-refractivity contribution in [2.45, 2.75) is 19.3 Å². The third kappa shape index (κ3) is 1.39. The van der Waals surface area contributed by atoms with Gasteiger partial charge >= 0.3 is 0 Å². The van der Waals surface area contributed by atoms with Crippen molar-refractivity contribution in [3.05, 3.63) is 34.9 Å². The van der Waals surface area contributed by atoms with Gasteiger partial charge in [-0.3, -0.25) is 4.79 Å². The van der Waals surface area contributed by atoms with E-state index in [9.17, 15) is 4.79 Å². The Morgan fingerprint density at radius 1 is 1.28 bits per heavy atom. The Morgan fingerprint density at radius 2 is 2.22 bits per heavy atom.